The van der Waals surface area contributed by atoms with E-state index in [1.807, 2.05) is 24.3 Å². The first-order chi connectivity index (χ1) is 22.4. The molecular formula is C33H43N7O6. The van der Waals surface area contributed by atoms with Crippen molar-refractivity contribution in [3.05, 3.63) is 48.3 Å². The van der Waals surface area contributed by atoms with E-state index in [0.29, 0.717) is 94.4 Å². The van der Waals surface area contributed by atoms with Crippen LogP contribution in [0.25, 0.3) is 0 Å². The molecule has 1 aromatic heterocycles. The fourth-order valence-corrected chi connectivity index (χ4v) is 5.98. The summed E-state index contributed by atoms with van der Waals surface area (Å²) in [5.74, 6) is -0.0677. The molecular weight excluding hydrogens is 590 g/mol. The van der Waals surface area contributed by atoms with Gasteiger partial charge in [-0.15, -0.1) is 0 Å². The Morgan fingerprint density at radius 1 is 0.761 bits per heavy atom. The minimum Gasteiger partial charge on any atom is -0.491 e. The molecule has 3 aliphatic heterocycles. The first-order valence-corrected chi connectivity index (χ1v) is 16.2. The molecule has 13 nitrogen and oxygen atoms in total. The van der Waals surface area contributed by atoms with Crippen LogP contribution in [0.1, 0.15) is 55.3 Å². The smallest absolute Gasteiger partial charge is 0.255 e. The second-order valence-electron chi connectivity index (χ2n) is 11.8. The van der Waals surface area contributed by atoms with Crippen molar-refractivity contribution >= 4 is 40.9 Å². The fourth-order valence-electron chi connectivity index (χ4n) is 5.98. The number of anilines is 2. The summed E-state index contributed by atoms with van der Waals surface area (Å²) in [5, 5.41) is 5.77. The Morgan fingerprint density at radius 3 is 2.09 bits per heavy atom. The van der Waals surface area contributed by atoms with Crippen molar-refractivity contribution < 1.29 is 28.7 Å². The third-order valence-electron chi connectivity index (χ3n) is 8.44. The van der Waals surface area contributed by atoms with Gasteiger partial charge in [-0.25, -0.2) is 0 Å². The topological polar surface area (TPSA) is 144 Å². The van der Waals surface area contributed by atoms with E-state index in [2.05, 4.69) is 15.6 Å². The van der Waals surface area contributed by atoms with E-state index in [1.54, 1.807) is 27.0 Å². The number of rotatable bonds is 10. The fraction of sp³-hybridized carbons (Fsp3) is 0.515. The molecule has 2 aromatic rings. The van der Waals surface area contributed by atoms with Gasteiger partial charge in [0.2, 0.25) is 23.6 Å². The number of likely N-dealkylation sites (tertiary alicyclic amines) is 2. The number of para-hydroxylation sites is 2. The van der Waals surface area contributed by atoms with Gasteiger partial charge in [0.1, 0.15) is 12.3 Å². The third kappa shape index (κ3) is 8.73. The molecule has 13 heteroatoms. The van der Waals surface area contributed by atoms with Gasteiger partial charge in [0, 0.05) is 64.9 Å². The summed E-state index contributed by atoms with van der Waals surface area (Å²) in [6, 6.07) is 9.12. The summed E-state index contributed by atoms with van der Waals surface area (Å²) < 4.78 is 6.17. The molecule has 2 bridgehead atoms. The Balaban J connectivity index is 1.31. The van der Waals surface area contributed by atoms with E-state index in [-0.39, 0.29) is 42.6 Å². The van der Waals surface area contributed by atoms with Gasteiger partial charge in [-0.05, 0) is 50.3 Å². The Morgan fingerprint density at radius 2 is 1.41 bits per heavy atom. The molecule has 2 fully saturated rings. The molecule has 0 radical (unpaired) electrons. The number of nitrogens with zero attached hydrogens (tertiary/aromatic N) is 5. The van der Waals surface area contributed by atoms with Crippen molar-refractivity contribution in [2.24, 2.45) is 0 Å². The lowest BCUT2D eigenvalue weighted by Crippen LogP contribution is -2.43. The van der Waals surface area contributed by atoms with Crippen molar-refractivity contribution in [2.45, 2.75) is 44.9 Å². The highest BCUT2D eigenvalue weighted by Crippen LogP contribution is 2.34. The molecule has 246 valence electrons. The van der Waals surface area contributed by atoms with E-state index < -0.39 is 0 Å². The normalized spacial score (nSPS) is 17.4. The van der Waals surface area contributed by atoms with Gasteiger partial charge in [-0.2, -0.15) is 0 Å². The van der Waals surface area contributed by atoms with Crippen LogP contribution >= 0.6 is 0 Å². The lowest BCUT2D eigenvalue weighted by Gasteiger charge is -2.28. The van der Waals surface area contributed by atoms with Crippen LogP contribution in [0.4, 0.5) is 11.4 Å². The average Bonchev–Trinajstić information content (AvgIpc) is 3.67. The van der Waals surface area contributed by atoms with Gasteiger partial charge in [-0.1, -0.05) is 12.1 Å². The molecule has 46 heavy (non-hydrogen) atoms. The Labute approximate surface area is 269 Å². The van der Waals surface area contributed by atoms with E-state index in [9.17, 15) is 24.0 Å². The largest absolute Gasteiger partial charge is 0.491 e. The Kier molecular flexibility index (Phi) is 11.4. The van der Waals surface area contributed by atoms with Crippen LogP contribution < -0.4 is 20.3 Å². The van der Waals surface area contributed by atoms with Crippen molar-refractivity contribution in [1.29, 1.82) is 0 Å². The minimum atomic E-state index is -0.333. The number of carbonyl (C=O) groups is 5. The van der Waals surface area contributed by atoms with Crippen molar-refractivity contribution in [3.63, 3.8) is 0 Å². The summed E-state index contributed by atoms with van der Waals surface area (Å²) in [6.07, 6.45) is 8.04. The predicted octanol–water partition coefficient (Wildman–Crippen LogP) is 1.70. The van der Waals surface area contributed by atoms with Gasteiger partial charge in [-0.3, -0.25) is 29.0 Å². The highest BCUT2D eigenvalue weighted by Gasteiger charge is 2.25. The predicted molar refractivity (Wildman–Crippen MR) is 171 cm³/mol. The first-order valence-electron chi connectivity index (χ1n) is 16.2. The molecule has 0 unspecified atom stereocenters. The van der Waals surface area contributed by atoms with E-state index >= 15 is 0 Å². The monoisotopic (exact) mass is 633 g/mol. The number of hydrogen-bond donors (Lipinski definition) is 2. The SMILES string of the molecule is O=C(CN1CCCCCOc2ccccc2N(CC(=O)NCCN2CCCC2=O)c2cncc(c2)C1=O)NCCN1CCCC1=O. The molecule has 3 aliphatic rings. The first kappa shape index (κ1) is 32.7. The Bertz CT molecular complexity index is 1420. The standard InChI is InChI=1S/C33H43N7O6/c41-29(35-12-17-37-15-6-10-31(37)43)23-39-14-4-1-5-19-46-28-9-3-2-8-27(28)40(26-20-25(33(39)45)21-34-22-26)24-30(42)36-13-18-38-16-7-11-32(38)44/h2-3,8-9,20-22H,1,4-7,10-19,23-24H2,(H,35,41)(H,36,42). The maximum Gasteiger partial charge on any atom is 0.255 e. The van der Waals surface area contributed by atoms with Crippen LogP contribution in [-0.2, 0) is 19.2 Å². The number of fused-ring (bicyclic) bond motifs is 3. The summed E-state index contributed by atoms with van der Waals surface area (Å²) in [5.41, 5.74) is 1.47. The maximum atomic E-state index is 13.8. The quantitative estimate of drug-likeness (QED) is 0.403. The number of benzene rings is 1. The highest BCUT2D eigenvalue weighted by atomic mass is 16.5. The second kappa shape index (κ2) is 16.1. The molecule has 5 amide bonds. The van der Waals surface area contributed by atoms with Crippen LogP contribution in [0, 0.1) is 0 Å². The van der Waals surface area contributed by atoms with Crippen LogP contribution in [-0.4, -0.2) is 115 Å². The number of carbonyl (C=O) groups excluding carboxylic acids is 5. The van der Waals surface area contributed by atoms with E-state index in [1.165, 1.54) is 11.1 Å². The molecule has 2 N–H and O–H groups in total. The number of aromatic nitrogens is 1. The number of hydrogen-bond acceptors (Lipinski definition) is 8. The van der Waals surface area contributed by atoms with Gasteiger partial charge in [0.05, 0.1) is 36.3 Å². The zero-order valence-electron chi connectivity index (χ0n) is 26.2. The molecule has 4 heterocycles. The second-order valence-corrected chi connectivity index (χ2v) is 11.8. The van der Waals surface area contributed by atoms with E-state index in [0.717, 1.165) is 25.7 Å². The number of pyridine rings is 1. The molecule has 0 saturated carbocycles. The van der Waals surface area contributed by atoms with E-state index in [4.69, 9.17) is 4.74 Å². The van der Waals surface area contributed by atoms with Gasteiger partial charge in [0.25, 0.3) is 5.91 Å². The van der Waals surface area contributed by atoms with Gasteiger partial charge in [0.15, 0.2) is 0 Å². The molecule has 2 saturated heterocycles. The lowest BCUT2D eigenvalue weighted by atomic mass is 10.1. The van der Waals surface area contributed by atoms with Crippen LogP contribution in [0.2, 0.25) is 0 Å². The average molecular weight is 634 g/mol. The molecule has 0 spiro atoms. The summed E-state index contributed by atoms with van der Waals surface area (Å²) in [4.78, 5) is 74.9. The summed E-state index contributed by atoms with van der Waals surface area (Å²) in [6.45, 7) is 3.60. The summed E-state index contributed by atoms with van der Waals surface area (Å²) in [7, 11) is 0. The van der Waals surface area contributed by atoms with Gasteiger partial charge >= 0.3 is 0 Å². The van der Waals surface area contributed by atoms with Crippen molar-refractivity contribution in [3.8, 4) is 5.75 Å². The number of ether oxygens (including phenoxy) is 1. The van der Waals surface area contributed by atoms with Crippen LogP contribution in [0.15, 0.2) is 42.7 Å². The zero-order chi connectivity index (χ0) is 32.3. The van der Waals surface area contributed by atoms with Crippen molar-refractivity contribution in [1.82, 2.24) is 30.3 Å². The Hall–Kier alpha value is -4.68. The minimum absolute atomic E-state index is 0.0702. The molecule has 0 aliphatic carbocycles. The number of nitrogens with one attached hydrogen (secondary N) is 2. The third-order valence-corrected chi connectivity index (χ3v) is 8.44. The molecule has 0 atom stereocenters. The summed E-state index contributed by atoms with van der Waals surface area (Å²) >= 11 is 0. The number of amides is 5. The highest BCUT2D eigenvalue weighted by molar-refractivity contribution is 5.97. The maximum absolute atomic E-state index is 13.8. The van der Waals surface area contributed by atoms with Crippen LogP contribution in [0.3, 0.4) is 0 Å². The molecule has 1 aromatic carbocycles. The van der Waals surface area contributed by atoms with Gasteiger partial charge < -0.3 is 35.0 Å². The lowest BCUT2D eigenvalue weighted by molar-refractivity contribution is -0.128. The van der Waals surface area contributed by atoms with Crippen LogP contribution in [0.5, 0.6) is 5.75 Å². The molecule has 5 rings (SSSR count). The zero-order valence-corrected chi connectivity index (χ0v) is 26.2. The van der Waals surface area contributed by atoms with Crippen molar-refractivity contribution in [2.75, 3.05) is 70.4 Å².